The third kappa shape index (κ3) is 3.59. The summed E-state index contributed by atoms with van der Waals surface area (Å²) in [5.41, 5.74) is 3.48. The van der Waals surface area contributed by atoms with E-state index in [1.165, 1.54) is 11.1 Å². The number of rotatable bonds is 4. The molecule has 0 amide bonds. The highest BCUT2D eigenvalue weighted by Crippen LogP contribution is 2.21. The zero-order chi connectivity index (χ0) is 16.2. The average Bonchev–Trinajstić information content (AvgIpc) is 2.59. The lowest BCUT2D eigenvalue weighted by molar-refractivity contribution is 0.270. The van der Waals surface area contributed by atoms with Crippen LogP contribution in [0.3, 0.4) is 0 Å². The van der Waals surface area contributed by atoms with Crippen LogP contribution in [0.5, 0.6) is 0 Å². The number of hydrogen-bond acceptors (Lipinski definition) is 6. The van der Waals surface area contributed by atoms with Crippen molar-refractivity contribution in [1.82, 2.24) is 20.1 Å². The van der Waals surface area contributed by atoms with Gasteiger partial charge in [0.25, 0.3) is 0 Å². The molecule has 0 unspecified atom stereocenters. The molecular weight excluding hydrogens is 288 g/mol. The van der Waals surface area contributed by atoms with Gasteiger partial charge < -0.3 is 15.1 Å². The summed E-state index contributed by atoms with van der Waals surface area (Å²) in [6.45, 7) is 11.6. The Morgan fingerprint density at radius 2 is 1.91 bits per heavy atom. The van der Waals surface area contributed by atoms with E-state index in [2.05, 4.69) is 57.1 Å². The molecule has 3 rings (SSSR count). The van der Waals surface area contributed by atoms with Crippen LogP contribution in [0.2, 0.25) is 0 Å². The SMILES string of the molecule is CCN1CCN(c2cnnc(Nc3cccc(C)c3C)n2)CC1. The van der Waals surface area contributed by atoms with E-state index in [9.17, 15) is 0 Å². The molecular formula is C17H24N6. The van der Waals surface area contributed by atoms with E-state index in [0.29, 0.717) is 5.95 Å². The number of benzene rings is 1. The predicted octanol–water partition coefficient (Wildman–Crippen LogP) is 2.37. The van der Waals surface area contributed by atoms with Crippen molar-refractivity contribution in [3.05, 3.63) is 35.5 Å². The molecule has 0 atom stereocenters. The summed E-state index contributed by atoms with van der Waals surface area (Å²) in [4.78, 5) is 9.35. The molecule has 2 heterocycles. The Morgan fingerprint density at radius 1 is 1.13 bits per heavy atom. The summed E-state index contributed by atoms with van der Waals surface area (Å²) in [6.07, 6.45) is 1.75. The van der Waals surface area contributed by atoms with Gasteiger partial charge >= 0.3 is 0 Å². The topological polar surface area (TPSA) is 57.2 Å². The highest BCUT2D eigenvalue weighted by Gasteiger charge is 2.17. The third-order valence-electron chi connectivity index (χ3n) is 4.54. The maximum atomic E-state index is 4.64. The lowest BCUT2D eigenvalue weighted by Gasteiger charge is -2.34. The van der Waals surface area contributed by atoms with Gasteiger partial charge in [-0.2, -0.15) is 10.1 Å². The molecule has 0 bridgehead atoms. The van der Waals surface area contributed by atoms with Crippen molar-refractivity contribution in [2.75, 3.05) is 42.9 Å². The molecule has 1 N–H and O–H groups in total. The fourth-order valence-corrected chi connectivity index (χ4v) is 2.80. The van der Waals surface area contributed by atoms with Crippen LogP contribution in [-0.4, -0.2) is 52.8 Å². The minimum Gasteiger partial charge on any atom is -0.353 e. The van der Waals surface area contributed by atoms with Crippen molar-refractivity contribution < 1.29 is 0 Å². The first kappa shape index (κ1) is 15.7. The van der Waals surface area contributed by atoms with Gasteiger partial charge in [0.1, 0.15) is 0 Å². The second-order valence-electron chi connectivity index (χ2n) is 5.93. The Kier molecular flexibility index (Phi) is 4.71. The largest absolute Gasteiger partial charge is 0.353 e. The van der Waals surface area contributed by atoms with E-state index in [1.807, 2.05) is 12.1 Å². The van der Waals surface area contributed by atoms with Crippen molar-refractivity contribution in [2.45, 2.75) is 20.8 Å². The van der Waals surface area contributed by atoms with Gasteiger partial charge in [0.15, 0.2) is 5.82 Å². The standard InChI is InChI=1S/C17H24N6/c1-4-22-8-10-23(11-9-22)16-12-18-21-17(20-16)19-15-7-5-6-13(2)14(15)3/h5-7,12H,4,8-11H2,1-3H3,(H,19,20,21). The summed E-state index contributed by atoms with van der Waals surface area (Å²) >= 11 is 0. The van der Waals surface area contributed by atoms with Crippen molar-refractivity contribution in [2.24, 2.45) is 0 Å². The Bertz CT molecular complexity index is 664. The summed E-state index contributed by atoms with van der Waals surface area (Å²) in [6, 6.07) is 6.17. The van der Waals surface area contributed by atoms with Crippen LogP contribution in [0.15, 0.2) is 24.4 Å². The number of nitrogens with zero attached hydrogens (tertiary/aromatic N) is 5. The Labute approximate surface area is 137 Å². The van der Waals surface area contributed by atoms with E-state index >= 15 is 0 Å². The molecule has 0 spiro atoms. The lowest BCUT2D eigenvalue weighted by Crippen LogP contribution is -2.46. The van der Waals surface area contributed by atoms with E-state index in [0.717, 1.165) is 44.2 Å². The maximum Gasteiger partial charge on any atom is 0.249 e. The molecule has 1 aliphatic rings. The molecule has 1 fully saturated rings. The van der Waals surface area contributed by atoms with E-state index in [-0.39, 0.29) is 0 Å². The molecule has 0 radical (unpaired) electrons. The zero-order valence-corrected chi connectivity index (χ0v) is 14.1. The van der Waals surface area contributed by atoms with Gasteiger partial charge in [0.2, 0.25) is 5.95 Å². The molecule has 0 saturated carbocycles. The van der Waals surface area contributed by atoms with Gasteiger partial charge in [0, 0.05) is 31.9 Å². The molecule has 1 aliphatic heterocycles. The first-order chi connectivity index (χ1) is 11.2. The molecule has 1 aromatic heterocycles. The number of nitrogens with one attached hydrogen (secondary N) is 1. The number of likely N-dealkylation sites (N-methyl/N-ethyl adjacent to an activating group) is 1. The fraction of sp³-hybridized carbons (Fsp3) is 0.471. The van der Waals surface area contributed by atoms with Crippen molar-refractivity contribution in [3.63, 3.8) is 0 Å². The molecule has 23 heavy (non-hydrogen) atoms. The van der Waals surface area contributed by atoms with Crippen LogP contribution >= 0.6 is 0 Å². The highest BCUT2D eigenvalue weighted by atomic mass is 15.3. The van der Waals surface area contributed by atoms with Gasteiger partial charge in [-0.15, -0.1) is 5.10 Å². The molecule has 6 nitrogen and oxygen atoms in total. The minimum atomic E-state index is 0.550. The summed E-state index contributed by atoms with van der Waals surface area (Å²) in [5, 5.41) is 11.5. The molecule has 0 aliphatic carbocycles. The van der Waals surface area contributed by atoms with Crippen LogP contribution in [-0.2, 0) is 0 Å². The lowest BCUT2D eigenvalue weighted by atomic mass is 10.1. The van der Waals surface area contributed by atoms with E-state index in [4.69, 9.17) is 0 Å². The zero-order valence-electron chi connectivity index (χ0n) is 14.1. The molecule has 6 heteroatoms. The fourth-order valence-electron chi connectivity index (χ4n) is 2.80. The van der Waals surface area contributed by atoms with E-state index < -0.39 is 0 Å². The number of aryl methyl sites for hydroxylation is 1. The number of hydrogen-bond donors (Lipinski definition) is 1. The van der Waals surface area contributed by atoms with Crippen LogP contribution < -0.4 is 10.2 Å². The number of anilines is 3. The van der Waals surface area contributed by atoms with Gasteiger partial charge in [-0.25, -0.2) is 0 Å². The summed E-state index contributed by atoms with van der Waals surface area (Å²) in [5.74, 6) is 1.44. The number of aromatic nitrogens is 3. The summed E-state index contributed by atoms with van der Waals surface area (Å²) < 4.78 is 0. The van der Waals surface area contributed by atoms with Gasteiger partial charge in [-0.1, -0.05) is 19.1 Å². The molecule has 122 valence electrons. The Hall–Kier alpha value is -2.21. The second-order valence-corrected chi connectivity index (χ2v) is 5.93. The van der Waals surface area contributed by atoms with Gasteiger partial charge in [0.05, 0.1) is 6.20 Å². The van der Waals surface area contributed by atoms with E-state index in [1.54, 1.807) is 6.20 Å². The smallest absolute Gasteiger partial charge is 0.249 e. The van der Waals surface area contributed by atoms with Gasteiger partial charge in [-0.3, -0.25) is 0 Å². The maximum absolute atomic E-state index is 4.64. The monoisotopic (exact) mass is 312 g/mol. The third-order valence-corrected chi connectivity index (χ3v) is 4.54. The van der Waals surface area contributed by atoms with Crippen LogP contribution in [0, 0.1) is 13.8 Å². The number of piperazine rings is 1. The molecule has 2 aromatic rings. The highest BCUT2D eigenvalue weighted by molar-refractivity contribution is 5.60. The molecule has 1 aromatic carbocycles. The normalized spacial score (nSPS) is 15.7. The van der Waals surface area contributed by atoms with Gasteiger partial charge in [-0.05, 0) is 37.6 Å². The predicted molar refractivity (Wildman–Crippen MR) is 93.4 cm³/mol. The Balaban J connectivity index is 1.74. The van der Waals surface area contributed by atoms with Crippen LogP contribution in [0.25, 0.3) is 0 Å². The average molecular weight is 312 g/mol. The minimum absolute atomic E-state index is 0.550. The van der Waals surface area contributed by atoms with Crippen LogP contribution in [0.4, 0.5) is 17.5 Å². The summed E-state index contributed by atoms with van der Waals surface area (Å²) in [7, 11) is 0. The van der Waals surface area contributed by atoms with Crippen molar-refractivity contribution >= 4 is 17.5 Å². The Morgan fingerprint density at radius 3 is 2.65 bits per heavy atom. The van der Waals surface area contributed by atoms with Crippen molar-refractivity contribution in [1.29, 1.82) is 0 Å². The first-order valence-corrected chi connectivity index (χ1v) is 8.17. The second kappa shape index (κ2) is 6.91. The first-order valence-electron chi connectivity index (χ1n) is 8.17. The van der Waals surface area contributed by atoms with Crippen LogP contribution in [0.1, 0.15) is 18.1 Å². The molecule has 1 saturated heterocycles. The van der Waals surface area contributed by atoms with Crippen molar-refractivity contribution in [3.8, 4) is 0 Å². The quantitative estimate of drug-likeness (QED) is 0.935.